The predicted octanol–water partition coefficient (Wildman–Crippen LogP) is 1.77. The van der Waals surface area contributed by atoms with Gasteiger partial charge in [-0.05, 0) is 25.7 Å². The SMILES string of the molecule is CC1=CCC(C(N)=O)=CC(C)C1. The zero-order valence-corrected chi connectivity index (χ0v) is 7.63. The molecule has 0 aromatic heterocycles. The molecule has 2 N–H and O–H groups in total. The number of allylic oxidation sites excluding steroid dienone is 3. The Morgan fingerprint density at radius 3 is 2.92 bits per heavy atom. The van der Waals surface area contributed by atoms with E-state index in [0.29, 0.717) is 12.3 Å². The van der Waals surface area contributed by atoms with Gasteiger partial charge in [0.05, 0.1) is 0 Å². The van der Waals surface area contributed by atoms with Crippen molar-refractivity contribution in [3.63, 3.8) is 0 Å². The zero-order chi connectivity index (χ0) is 9.14. The van der Waals surface area contributed by atoms with Gasteiger partial charge in [-0.1, -0.05) is 24.6 Å². The highest BCUT2D eigenvalue weighted by molar-refractivity contribution is 5.92. The number of nitrogens with two attached hydrogens (primary N) is 1. The molecule has 1 aliphatic carbocycles. The van der Waals surface area contributed by atoms with Crippen LogP contribution in [-0.4, -0.2) is 5.91 Å². The van der Waals surface area contributed by atoms with E-state index in [4.69, 9.17) is 5.73 Å². The average molecular weight is 165 g/mol. The first kappa shape index (κ1) is 9.04. The van der Waals surface area contributed by atoms with Gasteiger partial charge in [0, 0.05) is 5.57 Å². The molecule has 0 aliphatic heterocycles. The molecule has 0 aromatic carbocycles. The lowest BCUT2D eigenvalue weighted by atomic mass is 10.0. The van der Waals surface area contributed by atoms with Crippen LogP contribution in [0.5, 0.6) is 0 Å². The highest BCUT2D eigenvalue weighted by atomic mass is 16.1. The normalized spacial score (nSPS) is 24.0. The van der Waals surface area contributed by atoms with Crippen molar-refractivity contribution in [1.82, 2.24) is 0 Å². The Labute approximate surface area is 73.1 Å². The summed E-state index contributed by atoms with van der Waals surface area (Å²) < 4.78 is 0. The van der Waals surface area contributed by atoms with Crippen LogP contribution >= 0.6 is 0 Å². The molecule has 0 heterocycles. The van der Waals surface area contributed by atoms with Crippen molar-refractivity contribution in [2.45, 2.75) is 26.7 Å². The maximum absolute atomic E-state index is 10.9. The third-order valence-electron chi connectivity index (χ3n) is 2.12. The van der Waals surface area contributed by atoms with Gasteiger partial charge >= 0.3 is 0 Å². The number of carbonyl (C=O) groups is 1. The highest BCUT2D eigenvalue weighted by Gasteiger charge is 2.10. The molecule has 1 unspecified atom stereocenters. The Hall–Kier alpha value is -1.05. The van der Waals surface area contributed by atoms with Gasteiger partial charge < -0.3 is 5.73 Å². The van der Waals surface area contributed by atoms with Crippen molar-refractivity contribution < 1.29 is 4.79 Å². The molecule has 12 heavy (non-hydrogen) atoms. The molecule has 1 amide bonds. The van der Waals surface area contributed by atoms with Crippen LogP contribution < -0.4 is 5.73 Å². The summed E-state index contributed by atoms with van der Waals surface area (Å²) in [7, 11) is 0. The third-order valence-corrected chi connectivity index (χ3v) is 2.12. The van der Waals surface area contributed by atoms with Gasteiger partial charge in [0.2, 0.25) is 5.91 Å². The number of primary amides is 1. The number of amides is 1. The van der Waals surface area contributed by atoms with Crippen molar-refractivity contribution in [2.24, 2.45) is 11.7 Å². The molecule has 1 atom stereocenters. The molecule has 0 spiro atoms. The molecule has 2 nitrogen and oxygen atoms in total. The minimum Gasteiger partial charge on any atom is -0.366 e. The molecule has 0 bridgehead atoms. The second-order valence-corrected chi connectivity index (χ2v) is 3.49. The van der Waals surface area contributed by atoms with E-state index in [-0.39, 0.29) is 5.91 Å². The summed E-state index contributed by atoms with van der Waals surface area (Å²) in [5, 5.41) is 0. The van der Waals surface area contributed by atoms with Crippen LogP contribution in [0.25, 0.3) is 0 Å². The van der Waals surface area contributed by atoms with Crippen LogP contribution in [0.1, 0.15) is 26.7 Å². The maximum atomic E-state index is 10.9. The predicted molar refractivity (Wildman–Crippen MR) is 49.4 cm³/mol. The molecule has 0 fully saturated rings. The highest BCUT2D eigenvalue weighted by Crippen LogP contribution is 2.20. The topological polar surface area (TPSA) is 43.1 Å². The van der Waals surface area contributed by atoms with Gasteiger partial charge in [0.15, 0.2) is 0 Å². The van der Waals surface area contributed by atoms with Gasteiger partial charge in [-0.2, -0.15) is 0 Å². The summed E-state index contributed by atoms with van der Waals surface area (Å²) in [4.78, 5) is 10.9. The second kappa shape index (κ2) is 3.57. The number of rotatable bonds is 1. The van der Waals surface area contributed by atoms with E-state index in [1.165, 1.54) is 5.57 Å². The van der Waals surface area contributed by atoms with Gasteiger partial charge in [-0.3, -0.25) is 4.79 Å². The monoisotopic (exact) mass is 165 g/mol. The van der Waals surface area contributed by atoms with Crippen LogP contribution in [0.2, 0.25) is 0 Å². The lowest BCUT2D eigenvalue weighted by Gasteiger charge is -2.03. The van der Waals surface area contributed by atoms with Gasteiger partial charge in [0.25, 0.3) is 0 Å². The molecule has 0 radical (unpaired) electrons. The first-order chi connectivity index (χ1) is 5.59. The molecule has 1 rings (SSSR count). The van der Waals surface area contributed by atoms with Gasteiger partial charge in [0.1, 0.15) is 0 Å². The zero-order valence-electron chi connectivity index (χ0n) is 7.63. The molecule has 0 aromatic rings. The Morgan fingerprint density at radius 1 is 1.67 bits per heavy atom. The van der Waals surface area contributed by atoms with Crippen molar-refractivity contribution in [2.75, 3.05) is 0 Å². The van der Waals surface area contributed by atoms with Crippen molar-refractivity contribution in [1.29, 1.82) is 0 Å². The minimum absolute atomic E-state index is 0.284. The van der Waals surface area contributed by atoms with E-state index >= 15 is 0 Å². The van der Waals surface area contributed by atoms with E-state index in [0.717, 1.165) is 12.0 Å². The van der Waals surface area contributed by atoms with Crippen LogP contribution in [-0.2, 0) is 4.79 Å². The number of hydrogen-bond acceptors (Lipinski definition) is 1. The summed E-state index contributed by atoms with van der Waals surface area (Å²) >= 11 is 0. The van der Waals surface area contributed by atoms with Crippen LogP contribution in [0.4, 0.5) is 0 Å². The average Bonchev–Trinajstić information content (AvgIpc) is 2.11. The molecule has 66 valence electrons. The second-order valence-electron chi connectivity index (χ2n) is 3.49. The number of hydrogen-bond donors (Lipinski definition) is 1. The Bertz CT molecular complexity index is 251. The van der Waals surface area contributed by atoms with Crippen LogP contribution in [0.3, 0.4) is 0 Å². The number of carbonyl (C=O) groups excluding carboxylic acids is 1. The van der Waals surface area contributed by atoms with E-state index in [9.17, 15) is 4.79 Å². The molecule has 2 heteroatoms. The first-order valence-electron chi connectivity index (χ1n) is 4.25. The lowest BCUT2D eigenvalue weighted by molar-refractivity contribution is -0.114. The fraction of sp³-hybridized carbons (Fsp3) is 0.500. The molecule has 0 saturated carbocycles. The quantitative estimate of drug-likeness (QED) is 0.591. The van der Waals surface area contributed by atoms with E-state index in [2.05, 4.69) is 19.9 Å². The maximum Gasteiger partial charge on any atom is 0.244 e. The van der Waals surface area contributed by atoms with Gasteiger partial charge in [-0.15, -0.1) is 0 Å². The van der Waals surface area contributed by atoms with E-state index in [1.54, 1.807) is 0 Å². The summed E-state index contributed by atoms with van der Waals surface area (Å²) in [5.41, 5.74) is 7.30. The summed E-state index contributed by atoms with van der Waals surface area (Å²) in [6.45, 7) is 4.19. The molecular formula is C10H15NO. The smallest absolute Gasteiger partial charge is 0.244 e. The standard InChI is InChI=1S/C10H15NO/c1-7-3-4-9(10(11)12)6-8(2)5-7/h3,6,8H,4-5H2,1-2H3,(H2,11,12). The molecule has 1 aliphatic rings. The fourth-order valence-electron chi connectivity index (χ4n) is 1.53. The first-order valence-corrected chi connectivity index (χ1v) is 4.25. The fourth-order valence-corrected chi connectivity index (χ4v) is 1.53. The van der Waals surface area contributed by atoms with E-state index in [1.807, 2.05) is 6.08 Å². The van der Waals surface area contributed by atoms with Crippen molar-refractivity contribution in [3.05, 3.63) is 23.3 Å². The Morgan fingerprint density at radius 2 is 2.33 bits per heavy atom. The molecular weight excluding hydrogens is 150 g/mol. The van der Waals surface area contributed by atoms with Crippen LogP contribution in [0, 0.1) is 5.92 Å². The van der Waals surface area contributed by atoms with Crippen molar-refractivity contribution in [3.8, 4) is 0 Å². The Kier molecular flexibility index (Phi) is 2.69. The van der Waals surface area contributed by atoms with Crippen LogP contribution in [0.15, 0.2) is 23.3 Å². The largest absolute Gasteiger partial charge is 0.366 e. The van der Waals surface area contributed by atoms with E-state index < -0.39 is 0 Å². The van der Waals surface area contributed by atoms with Crippen molar-refractivity contribution >= 4 is 5.91 Å². The summed E-state index contributed by atoms with van der Waals surface area (Å²) in [6.07, 6.45) is 5.80. The summed E-state index contributed by atoms with van der Waals surface area (Å²) in [5.74, 6) is 0.152. The van der Waals surface area contributed by atoms with Gasteiger partial charge in [-0.25, -0.2) is 0 Å². The lowest BCUT2D eigenvalue weighted by Crippen LogP contribution is -2.13. The third kappa shape index (κ3) is 2.22. The minimum atomic E-state index is -0.284. The molecule has 0 saturated heterocycles. The Balaban J connectivity index is 2.82. The summed E-state index contributed by atoms with van der Waals surface area (Å²) in [6, 6.07) is 0.